The van der Waals surface area contributed by atoms with Crippen molar-refractivity contribution in [1.29, 1.82) is 0 Å². The summed E-state index contributed by atoms with van der Waals surface area (Å²) in [6.07, 6.45) is 0. The molecule has 0 aliphatic rings. The molecule has 124 valence electrons. The van der Waals surface area contributed by atoms with Gasteiger partial charge in [0.15, 0.2) is 5.16 Å². The highest BCUT2D eigenvalue weighted by Crippen LogP contribution is 2.22. The van der Waals surface area contributed by atoms with E-state index in [1.807, 2.05) is 20.8 Å². The van der Waals surface area contributed by atoms with Crippen LogP contribution < -0.4 is 16.2 Å². The molecule has 0 aliphatic heterocycles. The molecule has 7 nitrogen and oxygen atoms in total. The smallest absolute Gasteiger partial charge is 0.321 e. The summed E-state index contributed by atoms with van der Waals surface area (Å²) in [4.78, 5) is 43.2. The van der Waals surface area contributed by atoms with E-state index in [2.05, 4.69) is 20.6 Å². The Morgan fingerprint density at radius 1 is 1.39 bits per heavy atom. The van der Waals surface area contributed by atoms with Gasteiger partial charge >= 0.3 is 6.03 Å². The predicted molar refractivity (Wildman–Crippen MR) is 92.0 cm³/mol. The van der Waals surface area contributed by atoms with Crippen molar-refractivity contribution < 1.29 is 9.59 Å². The number of hydrogen-bond acceptors (Lipinski definition) is 6. The Kier molecular flexibility index (Phi) is 5.10. The first-order valence-corrected chi connectivity index (χ1v) is 8.69. The summed E-state index contributed by atoms with van der Waals surface area (Å²) in [5.74, 6) is -0.453. The Morgan fingerprint density at radius 3 is 2.74 bits per heavy atom. The number of thioether (sulfide) groups is 1. The van der Waals surface area contributed by atoms with Gasteiger partial charge in [0.25, 0.3) is 5.56 Å². The van der Waals surface area contributed by atoms with Gasteiger partial charge in [-0.15, -0.1) is 11.3 Å². The highest BCUT2D eigenvalue weighted by atomic mass is 32.2. The molecule has 2 aromatic heterocycles. The van der Waals surface area contributed by atoms with Crippen LogP contribution >= 0.6 is 23.1 Å². The third-order valence-corrected chi connectivity index (χ3v) is 4.49. The molecule has 2 aromatic rings. The van der Waals surface area contributed by atoms with Crippen LogP contribution in [0.3, 0.4) is 0 Å². The maximum Gasteiger partial charge on any atom is 0.321 e. The predicted octanol–water partition coefficient (Wildman–Crippen LogP) is 2.09. The standard InChI is InChI=1S/C14H18N4O3S2/c1-7(9(19)15-12(21)18-14(2,3)4)23-13-16-10(20)8-5-6-22-11(8)17-13/h5-7H,1-4H3,(H,16,17,20)(H2,15,18,19,21). The molecule has 2 heterocycles. The molecule has 0 aliphatic carbocycles. The number of imide groups is 1. The fraction of sp³-hybridized carbons (Fsp3) is 0.429. The number of urea groups is 1. The molecule has 0 saturated heterocycles. The Balaban J connectivity index is 2.02. The number of fused-ring (bicyclic) bond motifs is 1. The van der Waals surface area contributed by atoms with Crippen molar-refractivity contribution in [3.8, 4) is 0 Å². The second-order valence-electron chi connectivity index (χ2n) is 5.96. The fourth-order valence-electron chi connectivity index (χ4n) is 1.71. The molecule has 9 heteroatoms. The topological polar surface area (TPSA) is 104 Å². The third kappa shape index (κ3) is 4.80. The van der Waals surface area contributed by atoms with Crippen LogP contribution in [0.1, 0.15) is 27.7 Å². The van der Waals surface area contributed by atoms with E-state index in [4.69, 9.17) is 0 Å². The van der Waals surface area contributed by atoms with Crippen LogP contribution in [0.25, 0.3) is 10.2 Å². The molecule has 0 saturated carbocycles. The lowest BCUT2D eigenvalue weighted by Gasteiger charge is -2.21. The molecule has 0 fully saturated rings. The van der Waals surface area contributed by atoms with E-state index in [0.717, 1.165) is 11.8 Å². The largest absolute Gasteiger partial charge is 0.333 e. The van der Waals surface area contributed by atoms with Crippen molar-refractivity contribution in [2.75, 3.05) is 0 Å². The number of carbonyl (C=O) groups is 2. The number of nitrogens with zero attached hydrogens (tertiary/aromatic N) is 1. The first-order valence-electron chi connectivity index (χ1n) is 6.93. The third-order valence-electron chi connectivity index (χ3n) is 2.70. The minimum Gasteiger partial charge on any atom is -0.333 e. The number of carbonyl (C=O) groups excluding carboxylic acids is 2. The van der Waals surface area contributed by atoms with E-state index < -0.39 is 22.7 Å². The Bertz CT molecular complexity index is 791. The molecule has 0 spiro atoms. The number of H-pyrrole nitrogens is 1. The average molecular weight is 354 g/mol. The molecular weight excluding hydrogens is 336 g/mol. The van der Waals surface area contributed by atoms with Gasteiger partial charge < -0.3 is 10.3 Å². The van der Waals surface area contributed by atoms with Gasteiger partial charge in [-0.2, -0.15) is 0 Å². The Hall–Kier alpha value is -1.87. The summed E-state index contributed by atoms with van der Waals surface area (Å²) in [5.41, 5.74) is -0.672. The number of rotatable bonds is 3. The lowest BCUT2D eigenvalue weighted by atomic mass is 10.1. The van der Waals surface area contributed by atoms with Crippen molar-refractivity contribution in [2.24, 2.45) is 0 Å². The number of aromatic amines is 1. The zero-order chi connectivity index (χ0) is 17.2. The minimum absolute atomic E-state index is 0.239. The van der Waals surface area contributed by atoms with Crippen LogP contribution in [0.15, 0.2) is 21.4 Å². The SMILES string of the molecule is CC(Sc1nc2sccc2c(=O)[nH]1)C(=O)NC(=O)NC(C)(C)C. The van der Waals surface area contributed by atoms with Gasteiger partial charge in [0, 0.05) is 5.54 Å². The first kappa shape index (κ1) is 17.5. The van der Waals surface area contributed by atoms with Gasteiger partial charge in [-0.3, -0.25) is 14.9 Å². The average Bonchev–Trinajstić information content (AvgIpc) is 2.84. The summed E-state index contributed by atoms with van der Waals surface area (Å²) in [6, 6.07) is 1.15. The van der Waals surface area contributed by atoms with E-state index in [-0.39, 0.29) is 5.56 Å². The summed E-state index contributed by atoms with van der Waals surface area (Å²) < 4.78 is 0. The first-order chi connectivity index (χ1) is 10.7. The molecule has 1 unspecified atom stereocenters. The van der Waals surface area contributed by atoms with Crippen LogP contribution in [-0.2, 0) is 4.79 Å². The molecule has 3 amide bonds. The fourth-order valence-corrected chi connectivity index (χ4v) is 3.33. The number of thiophene rings is 1. The molecule has 1 atom stereocenters. The molecule has 0 aromatic carbocycles. The molecule has 3 N–H and O–H groups in total. The zero-order valence-electron chi connectivity index (χ0n) is 13.2. The highest BCUT2D eigenvalue weighted by Gasteiger charge is 2.21. The number of hydrogen-bond donors (Lipinski definition) is 3. The van der Waals surface area contributed by atoms with Crippen molar-refractivity contribution in [3.05, 3.63) is 21.8 Å². The number of amides is 3. The van der Waals surface area contributed by atoms with E-state index in [1.165, 1.54) is 11.3 Å². The van der Waals surface area contributed by atoms with Crippen LogP contribution in [0, 0.1) is 0 Å². The van der Waals surface area contributed by atoms with Crippen LogP contribution in [0.2, 0.25) is 0 Å². The zero-order valence-corrected chi connectivity index (χ0v) is 14.9. The van der Waals surface area contributed by atoms with Crippen molar-refractivity contribution >= 4 is 45.3 Å². The van der Waals surface area contributed by atoms with Gasteiger partial charge in [0.1, 0.15) is 4.83 Å². The highest BCUT2D eigenvalue weighted by molar-refractivity contribution is 8.00. The van der Waals surface area contributed by atoms with E-state index in [0.29, 0.717) is 15.4 Å². The lowest BCUT2D eigenvalue weighted by Crippen LogP contribution is -2.49. The van der Waals surface area contributed by atoms with Gasteiger partial charge in [-0.1, -0.05) is 11.8 Å². The van der Waals surface area contributed by atoms with E-state index in [9.17, 15) is 14.4 Å². The maximum absolute atomic E-state index is 12.0. The van der Waals surface area contributed by atoms with Gasteiger partial charge in [0.05, 0.1) is 10.6 Å². The molecular formula is C14H18N4O3S2. The number of aromatic nitrogens is 2. The second kappa shape index (κ2) is 6.71. The molecule has 0 radical (unpaired) electrons. The Labute approximate surface area is 141 Å². The molecule has 2 rings (SSSR count). The Morgan fingerprint density at radius 2 is 2.09 bits per heavy atom. The van der Waals surface area contributed by atoms with Crippen molar-refractivity contribution in [1.82, 2.24) is 20.6 Å². The molecule has 0 bridgehead atoms. The van der Waals surface area contributed by atoms with Crippen molar-refractivity contribution in [3.63, 3.8) is 0 Å². The lowest BCUT2D eigenvalue weighted by molar-refractivity contribution is -0.119. The van der Waals surface area contributed by atoms with Gasteiger partial charge in [-0.05, 0) is 39.1 Å². The van der Waals surface area contributed by atoms with E-state index in [1.54, 1.807) is 18.4 Å². The summed E-state index contributed by atoms with van der Waals surface area (Å²) >= 11 is 2.45. The quantitative estimate of drug-likeness (QED) is 0.578. The second-order valence-corrected chi connectivity index (χ2v) is 8.19. The van der Waals surface area contributed by atoms with Gasteiger partial charge in [-0.25, -0.2) is 9.78 Å². The summed E-state index contributed by atoms with van der Waals surface area (Å²) in [6.45, 7) is 7.10. The minimum atomic E-state index is -0.582. The molecule has 23 heavy (non-hydrogen) atoms. The van der Waals surface area contributed by atoms with Crippen molar-refractivity contribution in [2.45, 2.75) is 43.6 Å². The maximum atomic E-state index is 12.0. The normalized spacial score (nSPS) is 12.9. The van der Waals surface area contributed by atoms with Crippen LogP contribution in [0.4, 0.5) is 4.79 Å². The van der Waals surface area contributed by atoms with Crippen LogP contribution in [-0.4, -0.2) is 32.7 Å². The monoisotopic (exact) mass is 354 g/mol. The summed E-state index contributed by atoms with van der Waals surface area (Å²) in [7, 11) is 0. The van der Waals surface area contributed by atoms with Crippen LogP contribution in [0.5, 0.6) is 0 Å². The van der Waals surface area contributed by atoms with Gasteiger partial charge in [0.2, 0.25) is 5.91 Å². The van der Waals surface area contributed by atoms with E-state index >= 15 is 0 Å². The summed E-state index contributed by atoms with van der Waals surface area (Å²) in [5, 5.41) is 7.01. The number of nitrogens with one attached hydrogen (secondary N) is 3.